The Morgan fingerprint density at radius 3 is 2.83 bits per heavy atom. The molecule has 0 bridgehead atoms. The number of nitrogens with zero attached hydrogens (tertiary/aromatic N) is 2. The first-order valence-electron chi connectivity index (χ1n) is 8.40. The summed E-state index contributed by atoms with van der Waals surface area (Å²) in [7, 11) is 0. The van der Waals surface area contributed by atoms with E-state index in [1.165, 1.54) is 5.56 Å². The van der Waals surface area contributed by atoms with Crippen LogP contribution in [-0.4, -0.2) is 42.9 Å². The minimum atomic E-state index is 0.241. The number of hydrogen-bond acceptors (Lipinski definition) is 2. The average molecular weight is 316 g/mol. The first-order valence-corrected chi connectivity index (χ1v) is 8.40. The van der Waals surface area contributed by atoms with Gasteiger partial charge in [-0.15, -0.1) is 0 Å². The predicted octanol–water partition coefficient (Wildman–Crippen LogP) is 1.64. The Kier molecular flexibility index (Phi) is 6.44. The lowest BCUT2D eigenvalue weighted by atomic mass is 10.1. The van der Waals surface area contributed by atoms with E-state index in [1.54, 1.807) is 0 Å². The Bertz CT molecular complexity index is 527. The quantitative estimate of drug-likeness (QED) is 0.593. The molecule has 1 fully saturated rings. The number of rotatable bonds is 7. The molecule has 0 saturated carbocycles. The molecule has 1 aliphatic heterocycles. The van der Waals surface area contributed by atoms with Crippen LogP contribution in [0, 0.1) is 11.8 Å². The lowest BCUT2D eigenvalue weighted by Crippen LogP contribution is -2.36. The van der Waals surface area contributed by atoms with Crippen molar-refractivity contribution in [3.05, 3.63) is 35.9 Å². The number of amides is 1. The summed E-state index contributed by atoms with van der Waals surface area (Å²) in [6, 6.07) is 10.3. The molecule has 0 radical (unpaired) electrons. The number of hydrogen-bond donors (Lipinski definition) is 2. The zero-order chi connectivity index (χ0) is 16.7. The summed E-state index contributed by atoms with van der Waals surface area (Å²) < 4.78 is 0. The van der Waals surface area contributed by atoms with Crippen LogP contribution in [0.3, 0.4) is 0 Å². The SMILES string of the molecule is CC(C)CN=C(N)NCC1CC(=O)N(CCc2ccccc2)C1. The van der Waals surface area contributed by atoms with Crippen LogP contribution < -0.4 is 11.1 Å². The van der Waals surface area contributed by atoms with Crippen molar-refractivity contribution in [3.63, 3.8) is 0 Å². The third-order valence-corrected chi connectivity index (χ3v) is 4.01. The van der Waals surface area contributed by atoms with Crippen LogP contribution in [-0.2, 0) is 11.2 Å². The van der Waals surface area contributed by atoms with E-state index in [2.05, 4.69) is 36.3 Å². The van der Waals surface area contributed by atoms with Crippen molar-refractivity contribution in [1.82, 2.24) is 10.2 Å². The van der Waals surface area contributed by atoms with Crippen LogP contribution in [0.25, 0.3) is 0 Å². The molecule has 0 aromatic heterocycles. The maximum absolute atomic E-state index is 12.1. The fourth-order valence-corrected chi connectivity index (χ4v) is 2.70. The second-order valence-electron chi connectivity index (χ2n) is 6.65. The Morgan fingerprint density at radius 2 is 2.13 bits per heavy atom. The van der Waals surface area contributed by atoms with Crippen molar-refractivity contribution in [2.45, 2.75) is 26.7 Å². The number of carbonyl (C=O) groups is 1. The number of guanidine groups is 1. The van der Waals surface area contributed by atoms with Crippen molar-refractivity contribution >= 4 is 11.9 Å². The van der Waals surface area contributed by atoms with Gasteiger partial charge in [-0.3, -0.25) is 9.79 Å². The highest BCUT2D eigenvalue weighted by Crippen LogP contribution is 2.17. The fourth-order valence-electron chi connectivity index (χ4n) is 2.70. The van der Waals surface area contributed by atoms with E-state index in [0.717, 1.165) is 26.1 Å². The predicted molar refractivity (Wildman–Crippen MR) is 94.2 cm³/mol. The van der Waals surface area contributed by atoms with Crippen LogP contribution in [0.4, 0.5) is 0 Å². The summed E-state index contributed by atoms with van der Waals surface area (Å²) in [6.45, 7) is 7.24. The fraction of sp³-hybridized carbons (Fsp3) is 0.556. The minimum absolute atomic E-state index is 0.241. The molecule has 0 aliphatic carbocycles. The highest BCUT2D eigenvalue weighted by atomic mass is 16.2. The smallest absolute Gasteiger partial charge is 0.223 e. The van der Waals surface area contributed by atoms with Crippen LogP contribution in [0.5, 0.6) is 0 Å². The number of benzene rings is 1. The van der Waals surface area contributed by atoms with E-state index >= 15 is 0 Å². The van der Waals surface area contributed by atoms with Crippen molar-refractivity contribution in [3.8, 4) is 0 Å². The molecule has 1 heterocycles. The molecular formula is C18H28N4O. The van der Waals surface area contributed by atoms with E-state index in [0.29, 0.717) is 30.8 Å². The summed E-state index contributed by atoms with van der Waals surface area (Å²) in [5, 5.41) is 3.14. The van der Waals surface area contributed by atoms with E-state index in [-0.39, 0.29) is 5.91 Å². The van der Waals surface area contributed by atoms with Gasteiger partial charge in [-0.25, -0.2) is 0 Å². The molecule has 1 atom stereocenters. The van der Waals surface area contributed by atoms with Crippen molar-refractivity contribution in [1.29, 1.82) is 0 Å². The first kappa shape index (κ1) is 17.3. The van der Waals surface area contributed by atoms with Gasteiger partial charge < -0.3 is 16.0 Å². The molecule has 1 amide bonds. The van der Waals surface area contributed by atoms with Crippen LogP contribution >= 0.6 is 0 Å². The van der Waals surface area contributed by atoms with Crippen molar-refractivity contribution < 1.29 is 4.79 Å². The van der Waals surface area contributed by atoms with Gasteiger partial charge in [-0.2, -0.15) is 0 Å². The summed E-state index contributed by atoms with van der Waals surface area (Å²) in [5.74, 6) is 1.53. The third kappa shape index (κ3) is 5.93. The average Bonchev–Trinajstić information content (AvgIpc) is 2.90. The van der Waals surface area contributed by atoms with Gasteiger partial charge in [0.15, 0.2) is 5.96 Å². The summed E-state index contributed by atoms with van der Waals surface area (Å²) in [5.41, 5.74) is 7.11. The van der Waals surface area contributed by atoms with Gasteiger partial charge >= 0.3 is 0 Å². The number of nitrogens with two attached hydrogens (primary N) is 1. The minimum Gasteiger partial charge on any atom is -0.370 e. The van der Waals surface area contributed by atoms with Gasteiger partial charge in [-0.05, 0) is 17.9 Å². The van der Waals surface area contributed by atoms with Crippen LogP contribution in [0.15, 0.2) is 35.3 Å². The summed E-state index contributed by atoms with van der Waals surface area (Å²) >= 11 is 0. The van der Waals surface area contributed by atoms with Gasteiger partial charge in [0.1, 0.15) is 0 Å². The van der Waals surface area contributed by atoms with Gasteiger partial charge in [0, 0.05) is 38.5 Å². The first-order chi connectivity index (χ1) is 11.0. The van der Waals surface area contributed by atoms with Crippen molar-refractivity contribution in [2.75, 3.05) is 26.2 Å². The van der Waals surface area contributed by atoms with E-state index in [1.807, 2.05) is 23.1 Å². The highest BCUT2D eigenvalue weighted by Gasteiger charge is 2.28. The second-order valence-corrected chi connectivity index (χ2v) is 6.65. The van der Waals surface area contributed by atoms with Crippen LogP contribution in [0.1, 0.15) is 25.8 Å². The molecule has 1 aromatic rings. The molecular weight excluding hydrogens is 288 g/mol. The van der Waals surface area contributed by atoms with Crippen molar-refractivity contribution in [2.24, 2.45) is 22.6 Å². The Labute approximate surface area is 139 Å². The number of carbonyl (C=O) groups excluding carboxylic acids is 1. The van der Waals surface area contributed by atoms with Gasteiger partial charge in [0.05, 0.1) is 0 Å². The molecule has 1 unspecified atom stereocenters. The number of aliphatic imine (C=N–C) groups is 1. The molecule has 1 saturated heterocycles. The van der Waals surface area contributed by atoms with E-state index < -0.39 is 0 Å². The Morgan fingerprint density at radius 1 is 1.39 bits per heavy atom. The van der Waals surface area contributed by atoms with Crippen LogP contribution in [0.2, 0.25) is 0 Å². The number of likely N-dealkylation sites (tertiary alicyclic amines) is 1. The van der Waals surface area contributed by atoms with Gasteiger partial charge in [0.25, 0.3) is 0 Å². The largest absolute Gasteiger partial charge is 0.370 e. The molecule has 0 spiro atoms. The molecule has 1 aliphatic rings. The van der Waals surface area contributed by atoms with Gasteiger partial charge in [0.2, 0.25) is 5.91 Å². The normalized spacial score (nSPS) is 18.7. The highest BCUT2D eigenvalue weighted by molar-refractivity contribution is 5.80. The van der Waals surface area contributed by atoms with E-state index in [9.17, 15) is 4.79 Å². The maximum atomic E-state index is 12.1. The van der Waals surface area contributed by atoms with E-state index in [4.69, 9.17) is 5.73 Å². The standard InChI is InChI=1S/C18H28N4O/c1-14(2)11-20-18(19)21-12-16-10-17(23)22(13-16)9-8-15-6-4-3-5-7-15/h3-7,14,16H,8-13H2,1-2H3,(H3,19,20,21). The molecule has 3 N–H and O–H groups in total. The monoisotopic (exact) mass is 316 g/mol. The maximum Gasteiger partial charge on any atom is 0.223 e. The zero-order valence-corrected chi connectivity index (χ0v) is 14.2. The van der Waals surface area contributed by atoms with Gasteiger partial charge in [-0.1, -0.05) is 44.2 Å². The Balaban J connectivity index is 1.73. The summed E-state index contributed by atoms with van der Waals surface area (Å²) in [6.07, 6.45) is 1.50. The molecule has 5 heteroatoms. The lowest BCUT2D eigenvalue weighted by molar-refractivity contribution is -0.127. The topological polar surface area (TPSA) is 70.7 Å². The number of nitrogens with one attached hydrogen (secondary N) is 1. The summed E-state index contributed by atoms with van der Waals surface area (Å²) in [4.78, 5) is 18.3. The lowest BCUT2D eigenvalue weighted by Gasteiger charge is -2.17. The zero-order valence-electron chi connectivity index (χ0n) is 14.2. The molecule has 126 valence electrons. The molecule has 1 aromatic carbocycles. The second kappa shape index (κ2) is 8.56. The molecule has 2 rings (SSSR count). The third-order valence-electron chi connectivity index (χ3n) is 4.01. The Hall–Kier alpha value is -2.04. The molecule has 23 heavy (non-hydrogen) atoms. The molecule has 5 nitrogen and oxygen atoms in total.